The minimum Gasteiger partial charge on any atom is -0.354 e. The largest absolute Gasteiger partial charge is 0.354 e. The Morgan fingerprint density at radius 3 is 2.48 bits per heavy atom. The van der Waals surface area contributed by atoms with Crippen molar-refractivity contribution in [2.24, 2.45) is 0 Å². The Labute approximate surface area is 128 Å². The third-order valence-electron chi connectivity index (χ3n) is 4.16. The Kier molecular flexibility index (Phi) is 5.57. The number of hydrogen-bond donors (Lipinski definition) is 1. The van der Waals surface area contributed by atoms with Gasteiger partial charge in [-0.05, 0) is 37.8 Å². The zero-order valence-electron chi connectivity index (χ0n) is 13.7. The van der Waals surface area contributed by atoms with E-state index < -0.39 is 0 Å². The van der Waals surface area contributed by atoms with E-state index in [0.29, 0.717) is 6.04 Å². The van der Waals surface area contributed by atoms with Crippen molar-refractivity contribution in [1.29, 1.82) is 0 Å². The van der Waals surface area contributed by atoms with Crippen molar-refractivity contribution in [3.05, 3.63) is 36.0 Å². The Hall–Kier alpha value is -1.61. The Morgan fingerprint density at radius 1 is 1.14 bits per heavy atom. The van der Waals surface area contributed by atoms with Gasteiger partial charge in [-0.1, -0.05) is 38.1 Å². The molecular weight excluding hydrogens is 258 g/mol. The lowest BCUT2D eigenvalue weighted by atomic mass is 10.1. The van der Waals surface area contributed by atoms with Crippen LogP contribution in [0.25, 0.3) is 10.8 Å². The normalized spacial score (nSPS) is 12.6. The van der Waals surface area contributed by atoms with Gasteiger partial charge in [0, 0.05) is 30.7 Å². The molecule has 3 nitrogen and oxygen atoms in total. The average molecular weight is 285 g/mol. The van der Waals surface area contributed by atoms with E-state index in [2.05, 4.69) is 62.2 Å². The maximum Gasteiger partial charge on any atom is 0.136 e. The predicted octanol–water partition coefficient (Wildman–Crippen LogP) is 3.97. The van der Waals surface area contributed by atoms with Gasteiger partial charge >= 0.3 is 0 Å². The smallest absolute Gasteiger partial charge is 0.136 e. The molecule has 1 N–H and O–H groups in total. The number of aromatic nitrogens is 1. The van der Waals surface area contributed by atoms with Gasteiger partial charge in [-0.25, -0.2) is 4.98 Å². The summed E-state index contributed by atoms with van der Waals surface area (Å²) in [7, 11) is 0. The lowest BCUT2D eigenvalue weighted by Gasteiger charge is -2.29. The van der Waals surface area contributed by atoms with Crippen LogP contribution < -0.4 is 10.2 Å². The third kappa shape index (κ3) is 3.35. The first kappa shape index (κ1) is 15.8. The number of fused-ring (bicyclic) bond motifs is 1. The van der Waals surface area contributed by atoms with Crippen LogP contribution in [0.3, 0.4) is 0 Å². The molecule has 21 heavy (non-hydrogen) atoms. The fourth-order valence-electron chi connectivity index (χ4n) is 2.76. The molecule has 1 heterocycles. The van der Waals surface area contributed by atoms with Crippen molar-refractivity contribution in [1.82, 2.24) is 10.3 Å². The van der Waals surface area contributed by atoms with E-state index in [1.807, 2.05) is 6.20 Å². The number of hydrogen-bond acceptors (Lipinski definition) is 3. The number of nitrogens with one attached hydrogen (secondary N) is 1. The van der Waals surface area contributed by atoms with Gasteiger partial charge in [0.1, 0.15) is 5.82 Å². The molecule has 0 saturated heterocycles. The van der Waals surface area contributed by atoms with Crippen LogP contribution >= 0.6 is 0 Å². The number of pyridine rings is 1. The Morgan fingerprint density at radius 2 is 1.86 bits per heavy atom. The van der Waals surface area contributed by atoms with Gasteiger partial charge in [0.05, 0.1) is 0 Å². The molecule has 1 aromatic heterocycles. The maximum atomic E-state index is 4.79. The molecule has 0 bridgehead atoms. The van der Waals surface area contributed by atoms with Crippen LogP contribution in [0.2, 0.25) is 0 Å². The fraction of sp³-hybridized carbons (Fsp3) is 0.500. The molecule has 0 saturated carbocycles. The van der Waals surface area contributed by atoms with E-state index >= 15 is 0 Å². The molecule has 0 fully saturated rings. The zero-order chi connectivity index (χ0) is 15.2. The number of anilines is 1. The van der Waals surface area contributed by atoms with Crippen molar-refractivity contribution in [3.8, 4) is 0 Å². The monoisotopic (exact) mass is 285 g/mol. The summed E-state index contributed by atoms with van der Waals surface area (Å²) in [6.07, 6.45) is 3.16. The Bertz CT molecular complexity index is 580. The molecule has 2 rings (SSSR count). The van der Waals surface area contributed by atoms with Gasteiger partial charge in [0.25, 0.3) is 0 Å². The zero-order valence-corrected chi connectivity index (χ0v) is 13.7. The topological polar surface area (TPSA) is 28.2 Å². The second kappa shape index (κ2) is 7.41. The van der Waals surface area contributed by atoms with Crippen molar-refractivity contribution < 1.29 is 0 Å². The highest BCUT2D eigenvalue weighted by Gasteiger charge is 2.16. The van der Waals surface area contributed by atoms with E-state index in [1.54, 1.807) is 0 Å². The molecule has 0 amide bonds. The SMILES string of the molecule is CCNCc1cnc(N(CC)C(C)CC)c2ccccc12. The van der Waals surface area contributed by atoms with Crippen molar-refractivity contribution >= 4 is 16.6 Å². The van der Waals surface area contributed by atoms with Crippen LogP contribution in [0.4, 0.5) is 5.82 Å². The van der Waals surface area contributed by atoms with E-state index in [4.69, 9.17) is 4.98 Å². The molecule has 0 spiro atoms. The standard InChI is InChI=1S/C18H27N3/c1-5-14(4)21(7-3)18-17-11-9-8-10-16(17)15(13-20-18)12-19-6-2/h8-11,13-14,19H,5-7,12H2,1-4H3. The minimum atomic E-state index is 0.505. The van der Waals surface area contributed by atoms with E-state index in [-0.39, 0.29) is 0 Å². The molecule has 1 atom stereocenters. The number of rotatable bonds is 7. The van der Waals surface area contributed by atoms with Crippen LogP contribution in [0, 0.1) is 0 Å². The second-order valence-corrected chi connectivity index (χ2v) is 5.48. The summed E-state index contributed by atoms with van der Waals surface area (Å²) in [5, 5.41) is 5.97. The van der Waals surface area contributed by atoms with Crippen LogP contribution in [-0.4, -0.2) is 24.1 Å². The van der Waals surface area contributed by atoms with E-state index in [9.17, 15) is 0 Å². The molecule has 1 aromatic carbocycles. The summed E-state index contributed by atoms with van der Waals surface area (Å²) in [4.78, 5) is 7.19. The maximum absolute atomic E-state index is 4.79. The minimum absolute atomic E-state index is 0.505. The first-order valence-electron chi connectivity index (χ1n) is 8.06. The van der Waals surface area contributed by atoms with Crippen LogP contribution in [0.15, 0.2) is 30.5 Å². The summed E-state index contributed by atoms with van der Waals surface area (Å²) in [5.41, 5.74) is 1.27. The van der Waals surface area contributed by atoms with E-state index in [1.165, 1.54) is 16.3 Å². The van der Waals surface area contributed by atoms with Crippen molar-refractivity contribution in [2.45, 2.75) is 46.7 Å². The molecule has 0 aliphatic rings. The molecule has 0 aliphatic carbocycles. The third-order valence-corrected chi connectivity index (χ3v) is 4.16. The summed E-state index contributed by atoms with van der Waals surface area (Å²) in [6, 6.07) is 9.12. The summed E-state index contributed by atoms with van der Waals surface area (Å²) < 4.78 is 0. The molecule has 114 valence electrons. The predicted molar refractivity (Wildman–Crippen MR) is 91.9 cm³/mol. The van der Waals surface area contributed by atoms with Crippen LogP contribution in [0.5, 0.6) is 0 Å². The molecule has 2 aromatic rings. The number of benzene rings is 1. The van der Waals surface area contributed by atoms with Crippen LogP contribution in [-0.2, 0) is 6.54 Å². The van der Waals surface area contributed by atoms with Crippen molar-refractivity contribution in [2.75, 3.05) is 18.0 Å². The quantitative estimate of drug-likeness (QED) is 0.834. The average Bonchev–Trinajstić information content (AvgIpc) is 2.54. The summed E-state index contributed by atoms with van der Waals surface area (Å²) in [6.45, 7) is 11.7. The lowest BCUT2D eigenvalue weighted by Crippen LogP contribution is -2.33. The van der Waals surface area contributed by atoms with Crippen LogP contribution in [0.1, 0.15) is 39.7 Å². The van der Waals surface area contributed by atoms with E-state index in [0.717, 1.165) is 31.9 Å². The van der Waals surface area contributed by atoms with Gasteiger partial charge in [0.15, 0.2) is 0 Å². The first-order chi connectivity index (χ1) is 10.2. The highest BCUT2D eigenvalue weighted by atomic mass is 15.2. The van der Waals surface area contributed by atoms with Gasteiger partial charge < -0.3 is 10.2 Å². The molecule has 0 aliphatic heterocycles. The second-order valence-electron chi connectivity index (χ2n) is 5.48. The van der Waals surface area contributed by atoms with Crippen molar-refractivity contribution in [3.63, 3.8) is 0 Å². The van der Waals surface area contributed by atoms with Gasteiger partial charge in [0.2, 0.25) is 0 Å². The molecular formula is C18H27N3. The van der Waals surface area contributed by atoms with Gasteiger partial charge in [-0.3, -0.25) is 0 Å². The summed E-state index contributed by atoms with van der Waals surface area (Å²) >= 11 is 0. The van der Waals surface area contributed by atoms with Gasteiger partial charge in [-0.15, -0.1) is 0 Å². The molecule has 3 heteroatoms. The number of nitrogens with zero attached hydrogens (tertiary/aromatic N) is 2. The lowest BCUT2D eigenvalue weighted by molar-refractivity contribution is 0.625. The first-order valence-corrected chi connectivity index (χ1v) is 8.06. The molecule has 0 radical (unpaired) electrons. The Balaban J connectivity index is 2.51. The fourth-order valence-corrected chi connectivity index (χ4v) is 2.76. The van der Waals surface area contributed by atoms with Gasteiger partial charge in [-0.2, -0.15) is 0 Å². The summed E-state index contributed by atoms with van der Waals surface area (Å²) in [5.74, 6) is 1.11. The molecule has 1 unspecified atom stereocenters. The highest BCUT2D eigenvalue weighted by Crippen LogP contribution is 2.28. The highest BCUT2D eigenvalue weighted by molar-refractivity contribution is 5.94.